The van der Waals surface area contributed by atoms with Crippen LogP contribution < -0.4 is 5.32 Å². The van der Waals surface area contributed by atoms with E-state index in [1.165, 1.54) is 0 Å². The molecular formula is C16H15F3N4. The van der Waals surface area contributed by atoms with Gasteiger partial charge in [0.05, 0.1) is 11.1 Å². The maximum absolute atomic E-state index is 12.7. The molecule has 0 aliphatic rings. The molecule has 120 valence electrons. The first-order valence-electron chi connectivity index (χ1n) is 9.15. The zero-order chi connectivity index (χ0) is 20.7. The van der Waals surface area contributed by atoms with Crippen LogP contribution in [0.25, 0.3) is 11.0 Å². The van der Waals surface area contributed by atoms with Gasteiger partial charge in [-0.2, -0.15) is 13.2 Å². The lowest BCUT2D eigenvalue weighted by molar-refractivity contribution is -0.137. The van der Waals surface area contributed by atoms with Crippen molar-refractivity contribution in [3.05, 3.63) is 54.1 Å². The van der Waals surface area contributed by atoms with Gasteiger partial charge in [-0.15, -0.1) is 5.10 Å². The second-order valence-corrected chi connectivity index (χ2v) is 4.79. The number of nitrogens with one attached hydrogen (secondary N) is 1. The SMILES string of the molecule is [2H]C([2H])([2H])C([2H])([2H])C(Nc1ccc(C(F)(F)F)cc1)n1nnc2ccccc21. The number of fused-ring (bicyclic) bond motifs is 1. The van der Waals surface area contributed by atoms with E-state index in [-0.39, 0.29) is 5.69 Å². The number of alkyl halides is 3. The average molecular weight is 325 g/mol. The van der Waals surface area contributed by atoms with Gasteiger partial charge in [0, 0.05) is 12.5 Å². The van der Waals surface area contributed by atoms with E-state index in [0.29, 0.717) is 11.0 Å². The Kier molecular flexibility index (Phi) is 2.63. The van der Waals surface area contributed by atoms with Crippen molar-refractivity contribution in [1.29, 1.82) is 0 Å². The zero-order valence-corrected chi connectivity index (χ0v) is 11.7. The summed E-state index contributed by atoms with van der Waals surface area (Å²) in [5.74, 6) is 0. The Bertz CT molecular complexity index is 967. The van der Waals surface area contributed by atoms with Gasteiger partial charge in [0.15, 0.2) is 0 Å². The lowest BCUT2D eigenvalue weighted by Crippen LogP contribution is -2.19. The predicted octanol–water partition coefficient (Wildman–Crippen LogP) is 4.47. The third kappa shape index (κ3) is 3.13. The van der Waals surface area contributed by atoms with E-state index in [4.69, 9.17) is 6.85 Å². The van der Waals surface area contributed by atoms with Crippen LogP contribution in [-0.2, 0) is 6.18 Å². The number of para-hydroxylation sites is 1. The van der Waals surface area contributed by atoms with Gasteiger partial charge in [-0.25, -0.2) is 4.68 Å². The Morgan fingerprint density at radius 3 is 2.65 bits per heavy atom. The van der Waals surface area contributed by atoms with Crippen molar-refractivity contribution in [1.82, 2.24) is 15.0 Å². The van der Waals surface area contributed by atoms with Crippen molar-refractivity contribution in [3.63, 3.8) is 0 Å². The summed E-state index contributed by atoms with van der Waals surface area (Å²) < 4.78 is 78.3. The minimum Gasteiger partial charge on any atom is -0.364 e. The van der Waals surface area contributed by atoms with Crippen molar-refractivity contribution >= 4 is 16.7 Å². The number of benzene rings is 2. The Morgan fingerprint density at radius 2 is 1.96 bits per heavy atom. The van der Waals surface area contributed by atoms with Crippen LogP contribution in [0.1, 0.15) is 31.8 Å². The highest BCUT2D eigenvalue weighted by atomic mass is 19.4. The van der Waals surface area contributed by atoms with Crippen LogP contribution >= 0.6 is 0 Å². The monoisotopic (exact) mass is 325 g/mol. The summed E-state index contributed by atoms with van der Waals surface area (Å²) in [4.78, 5) is 0. The van der Waals surface area contributed by atoms with E-state index in [0.717, 1.165) is 28.9 Å². The quantitative estimate of drug-likeness (QED) is 0.769. The normalized spacial score (nSPS) is 17.6. The van der Waals surface area contributed by atoms with Crippen LogP contribution in [0.15, 0.2) is 48.5 Å². The molecule has 3 aromatic rings. The number of hydrogen-bond acceptors (Lipinski definition) is 3. The Hall–Kier alpha value is -2.57. The molecule has 0 saturated heterocycles. The third-order valence-electron chi connectivity index (χ3n) is 3.27. The van der Waals surface area contributed by atoms with Gasteiger partial charge in [-0.3, -0.25) is 0 Å². The molecule has 1 atom stereocenters. The molecule has 0 aliphatic carbocycles. The molecule has 1 N–H and O–H groups in total. The third-order valence-corrected chi connectivity index (χ3v) is 3.27. The summed E-state index contributed by atoms with van der Waals surface area (Å²) in [7, 11) is 0. The van der Waals surface area contributed by atoms with E-state index in [2.05, 4.69) is 15.6 Å². The van der Waals surface area contributed by atoms with Crippen molar-refractivity contribution in [2.24, 2.45) is 0 Å². The van der Waals surface area contributed by atoms with E-state index in [1.807, 2.05) is 0 Å². The van der Waals surface area contributed by atoms with Gasteiger partial charge in [-0.1, -0.05) is 24.2 Å². The van der Waals surface area contributed by atoms with E-state index in [9.17, 15) is 13.2 Å². The molecule has 3 rings (SSSR count). The number of rotatable bonds is 4. The fraction of sp³-hybridized carbons (Fsp3) is 0.250. The van der Waals surface area contributed by atoms with Crippen LogP contribution in [-0.4, -0.2) is 15.0 Å². The Labute approximate surface area is 137 Å². The lowest BCUT2D eigenvalue weighted by atomic mass is 10.2. The highest BCUT2D eigenvalue weighted by Gasteiger charge is 2.30. The average Bonchev–Trinajstić information content (AvgIpc) is 3.02. The molecule has 0 radical (unpaired) electrons. The van der Waals surface area contributed by atoms with Crippen LogP contribution in [0.5, 0.6) is 0 Å². The highest BCUT2D eigenvalue weighted by molar-refractivity contribution is 5.74. The number of anilines is 1. The van der Waals surface area contributed by atoms with E-state index in [1.54, 1.807) is 24.3 Å². The van der Waals surface area contributed by atoms with Gasteiger partial charge in [0.2, 0.25) is 0 Å². The molecule has 1 heterocycles. The van der Waals surface area contributed by atoms with Crippen molar-refractivity contribution in [2.45, 2.75) is 25.6 Å². The van der Waals surface area contributed by atoms with Gasteiger partial charge in [0.1, 0.15) is 11.7 Å². The molecule has 0 spiro atoms. The number of nitrogens with zero attached hydrogens (tertiary/aromatic N) is 3. The molecule has 0 aliphatic heterocycles. The summed E-state index contributed by atoms with van der Waals surface area (Å²) in [6, 6.07) is 10.4. The first-order chi connectivity index (χ1) is 12.9. The number of aromatic nitrogens is 3. The molecule has 0 fully saturated rings. The van der Waals surface area contributed by atoms with Gasteiger partial charge in [0.25, 0.3) is 0 Å². The molecule has 0 amide bonds. The summed E-state index contributed by atoms with van der Waals surface area (Å²) in [5.41, 5.74) is 0.0217. The second-order valence-electron chi connectivity index (χ2n) is 4.79. The number of halogens is 3. The highest BCUT2D eigenvalue weighted by Crippen LogP contribution is 2.30. The predicted molar refractivity (Wildman–Crippen MR) is 81.9 cm³/mol. The van der Waals surface area contributed by atoms with Crippen LogP contribution in [0.3, 0.4) is 0 Å². The first kappa shape index (κ1) is 10.3. The van der Waals surface area contributed by atoms with Crippen molar-refractivity contribution < 1.29 is 20.0 Å². The largest absolute Gasteiger partial charge is 0.416 e. The molecule has 1 unspecified atom stereocenters. The van der Waals surface area contributed by atoms with Crippen molar-refractivity contribution in [2.75, 3.05) is 5.32 Å². The Balaban J connectivity index is 2.05. The summed E-state index contributed by atoms with van der Waals surface area (Å²) in [6.45, 7) is -3.04. The van der Waals surface area contributed by atoms with Crippen LogP contribution in [0.4, 0.5) is 18.9 Å². The van der Waals surface area contributed by atoms with E-state index < -0.39 is 31.1 Å². The maximum atomic E-state index is 12.7. The summed E-state index contributed by atoms with van der Waals surface area (Å²) in [5, 5.41) is 10.4. The maximum Gasteiger partial charge on any atom is 0.416 e. The molecule has 4 nitrogen and oxygen atoms in total. The smallest absolute Gasteiger partial charge is 0.364 e. The molecule has 1 aromatic heterocycles. The standard InChI is InChI=1S/C16H15F3N4/c1-2-15(23-14-6-4-3-5-13(14)21-22-23)20-12-9-7-11(8-10-12)16(17,18)19/h3-10,15,20H,2H2,1H3/i1D3,2D2. The minimum atomic E-state index is -4.52. The van der Waals surface area contributed by atoms with Crippen LogP contribution in [0.2, 0.25) is 0 Å². The molecule has 0 bridgehead atoms. The van der Waals surface area contributed by atoms with Crippen LogP contribution in [0, 0.1) is 0 Å². The Morgan fingerprint density at radius 1 is 1.22 bits per heavy atom. The molecule has 7 heteroatoms. The van der Waals surface area contributed by atoms with E-state index >= 15 is 0 Å². The van der Waals surface area contributed by atoms with Gasteiger partial charge < -0.3 is 5.32 Å². The van der Waals surface area contributed by atoms with Gasteiger partial charge in [-0.05, 0) is 42.8 Å². The zero-order valence-electron chi connectivity index (χ0n) is 16.7. The fourth-order valence-electron chi connectivity index (χ4n) is 2.15. The second kappa shape index (κ2) is 5.91. The molecule has 23 heavy (non-hydrogen) atoms. The van der Waals surface area contributed by atoms with Gasteiger partial charge >= 0.3 is 6.18 Å². The molecule has 0 saturated carbocycles. The fourth-order valence-corrected chi connectivity index (χ4v) is 2.15. The number of hydrogen-bond donors (Lipinski definition) is 1. The first-order valence-corrected chi connectivity index (χ1v) is 6.65. The summed E-state index contributed by atoms with van der Waals surface area (Å²) >= 11 is 0. The summed E-state index contributed by atoms with van der Waals surface area (Å²) in [6.07, 6.45) is -8.89. The topological polar surface area (TPSA) is 42.7 Å². The lowest BCUT2D eigenvalue weighted by Gasteiger charge is -2.19. The molecular weight excluding hydrogens is 305 g/mol. The minimum absolute atomic E-state index is 0.103. The molecule has 2 aromatic carbocycles. The van der Waals surface area contributed by atoms with Crippen molar-refractivity contribution in [3.8, 4) is 0 Å².